The Labute approximate surface area is 172 Å². The number of rotatable bonds is 7. The van der Waals surface area contributed by atoms with Gasteiger partial charge in [0, 0.05) is 12.2 Å². The summed E-state index contributed by atoms with van der Waals surface area (Å²) in [4.78, 5) is 50.7. The number of carbonyl (C=O) groups is 4. The number of anilines is 1. The number of hydrogen-bond donors (Lipinski definition) is 1. The van der Waals surface area contributed by atoms with E-state index in [1.807, 2.05) is 6.92 Å². The predicted octanol–water partition coefficient (Wildman–Crippen LogP) is 3.41. The van der Waals surface area contributed by atoms with Gasteiger partial charge in [0.15, 0.2) is 6.10 Å². The number of carbonyl (C=O) groups excluding carboxylic acids is 4. The topological polar surface area (TPSA) is 92.8 Å². The second-order valence-electron chi connectivity index (χ2n) is 6.92. The van der Waals surface area contributed by atoms with Gasteiger partial charge in [0.1, 0.15) is 5.82 Å². The maximum absolute atomic E-state index is 12.9. The third kappa shape index (κ3) is 4.37. The molecule has 1 heterocycles. The molecule has 0 aromatic heterocycles. The first-order chi connectivity index (χ1) is 14.3. The van der Waals surface area contributed by atoms with E-state index in [9.17, 15) is 23.6 Å². The molecule has 0 unspecified atom stereocenters. The van der Waals surface area contributed by atoms with E-state index >= 15 is 0 Å². The molecule has 0 bridgehead atoms. The van der Waals surface area contributed by atoms with E-state index in [1.54, 1.807) is 0 Å². The molecule has 0 aliphatic carbocycles. The van der Waals surface area contributed by atoms with E-state index in [2.05, 4.69) is 5.32 Å². The molecule has 0 saturated heterocycles. The molecular weight excluding hydrogens is 391 g/mol. The molecule has 1 aliphatic rings. The van der Waals surface area contributed by atoms with Crippen molar-refractivity contribution in [3.8, 4) is 0 Å². The van der Waals surface area contributed by atoms with Crippen molar-refractivity contribution >= 4 is 29.4 Å². The van der Waals surface area contributed by atoms with Gasteiger partial charge in [-0.3, -0.25) is 19.3 Å². The van der Waals surface area contributed by atoms with Crippen LogP contribution in [0.15, 0.2) is 42.5 Å². The van der Waals surface area contributed by atoms with Crippen molar-refractivity contribution < 1.29 is 28.3 Å². The Balaban J connectivity index is 1.67. The standard InChI is InChI=1S/C22H21FN2O5/c1-3-4-11-25-20(27)17-10-5-14(12-18(17)21(25)28)22(29)30-13(2)19(26)24-16-8-6-15(23)7-9-16/h5-10,12-13H,3-4,11H2,1-2H3,(H,24,26)/t13-/m0/s1. The monoisotopic (exact) mass is 412 g/mol. The zero-order chi connectivity index (χ0) is 21.8. The fraction of sp³-hybridized carbons (Fsp3) is 0.273. The molecule has 1 N–H and O–H groups in total. The molecular formula is C22H21FN2O5. The molecule has 0 saturated carbocycles. The third-order valence-corrected chi connectivity index (χ3v) is 4.71. The summed E-state index contributed by atoms with van der Waals surface area (Å²) < 4.78 is 18.1. The van der Waals surface area contributed by atoms with Crippen molar-refractivity contribution in [2.75, 3.05) is 11.9 Å². The number of hydrogen-bond acceptors (Lipinski definition) is 5. The number of fused-ring (bicyclic) bond motifs is 1. The van der Waals surface area contributed by atoms with Crippen LogP contribution in [-0.2, 0) is 9.53 Å². The number of halogens is 1. The minimum atomic E-state index is -1.13. The summed E-state index contributed by atoms with van der Waals surface area (Å²) in [6.07, 6.45) is 0.401. The second kappa shape index (κ2) is 8.86. The summed E-state index contributed by atoms with van der Waals surface area (Å²) >= 11 is 0. The van der Waals surface area contributed by atoms with Crippen LogP contribution in [0.4, 0.5) is 10.1 Å². The SMILES string of the molecule is CCCCN1C(=O)c2ccc(C(=O)O[C@@H](C)C(=O)Nc3ccc(F)cc3)cc2C1=O. The van der Waals surface area contributed by atoms with E-state index < -0.39 is 29.7 Å². The Morgan fingerprint density at radius 2 is 1.73 bits per heavy atom. The van der Waals surface area contributed by atoms with Crippen LogP contribution in [0.5, 0.6) is 0 Å². The number of unbranched alkanes of at least 4 members (excludes halogenated alkanes) is 1. The summed E-state index contributed by atoms with van der Waals surface area (Å²) in [6.45, 7) is 3.67. The Morgan fingerprint density at radius 3 is 2.40 bits per heavy atom. The van der Waals surface area contributed by atoms with Crippen LogP contribution in [0.2, 0.25) is 0 Å². The summed E-state index contributed by atoms with van der Waals surface area (Å²) in [5.41, 5.74) is 0.815. The number of nitrogens with one attached hydrogen (secondary N) is 1. The maximum Gasteiger partial charge on any atom is 0.338 e. The summed E-state index contributed by atoms with van der Waals surface area (Å²) in [5.74, 6) is -2.65. The average molecular weight is 412 g/mol. The Morgan fingerprint density at radius 1 is 1.07 bits per heavy atom. The molecule has 2 aromatic carbocycles. The molecule has 0 radical (unpaired) electrons. The number of amides is 3. The molecule has 0 spiro atoms. The molecule has 0 fully saturated rings. The lowest BCUT2D eigenvalue weighted by molar-refractivity contribution is -0.123. The lowest BCUT2D eigenvalue weighted by atomic mass is 10.1. The number of esters is 1. The fourth-order valence-electron chi connectivity index (χ4n) is 3.00. The minimum Gasteiger partial charge on any atom is -0.449 e. The third-order valence-electron chi connectivity index (χ3n) is 4.71. The average Bonchev–Trinajstić information content (AvgIpc) is 2.97. The normalized spacial score (nSPS) is 13.8. The molecule has 1 atom stereocenters. The van der Waals surface area contributed by atoms with Crippen molar-refractivity contribution in [1.29, 1.82) is 0 Å². The van der Waals surface area contributed by atoms with Gasteiger partial charge in [-0.25, -0.2) is 9.18 Å². The van der Waals surface area contributed by atoms with E-state index in [0.717, 1.165) is 6.42 Å². The quantitative estimate of drug-likeness (QED) is 0.556. The minimum absolute atomic E-state index is 0.0636. The van der Waals surface area contributed by atoms with Crippen LogP contribution in [0.3, 0.4) is 0 Å². The highest BCUT2D eigenvalue weighted by atomic mass is 19.1. The van der Waals surface area contributed by atoms with Crippen LogP contribution in [-0.4, -0.2) is 41.2 Å². The summed E-state index contributed by atoms with van der Waals surface area (Å²) in [5, 5.41) is 2.52. The molecule has 3 amide bonds. The zero-order valence-electron chi connectivity index (χ0n) is 16.6. The van der Waals surface area contributed by atoms with Crippen molar-refractivity contribution in [1.82, 2.24) is 4.90 Å². The van der Waals surface area contributed by atoms with Gasteiger partial charge < -0.3 is 10.1 Å². The zero-order valence-corrected chi connectivity index (χ0v) is 16.6. The summed E-state index contributed by atoms with van der Waals surface area (Å²) in [7, 11) is 0. The molecule has 1 aliphatic heterocycles. The van der Waals surface area contributed by atoms with Gasteiger partial charge in [-0.1, -0.05) is 13.3 Å². The largest absolute Gasteiger partial charge is 0.449 e. The number of ether oxygens (including phenoxy) is 1. The smallest absolute Gasteiger partial charge is 0.338 e. The first-order valence-electron chi connectivity index (χ1n) is 9.59. The van der Waals surface area contributed by atoms with Crippen LogP contribution < -0.4 is 5.32 Å². The first kappa shape index (κ1) is 21.2. The second-order valence-corrected chi connectivity index (χ2v) is 6.92. The van der Waals surface area contributed by atoms with Crippen molar-refractivity contribution in [2.45, 2.75) is 32.8 Å². The van der Waals surface area contributed by atoms with Gasteiger partial charge in [0.25, 0.3) is 17.7 Å². The number of imide groups is 1. The van der Waals surface area contributed by atoms with E-state index in [0.29, 0.717) is 18.7 Å². The lowest BCUT2D eigenvalue weighted by Gasteiger charge is -2.14. The van der Waals surface area contributed by atoms with E-state index in [1.165, 1.54) is 54.3 Å². The van der Waals surface area contributed by atoms with Gasteiger partial charge in [-0.15, -0.1) is 0 Å². The van der Waals surface area contributed by atoms with Gasteiger partial charge in [-0.05, 0) is 55.8 Å². The van der Waals surface area contributed by atoms with Crippen LogP contribution in [0.25, 0.3) is 0 Å². The van der Waals surface area contributed by atoms with Gasteiger partial charge in [-0.2, -0.15) is 0 Å². The van der Waals surface area contributed by atoms with E-state index in [4.69, 9.17) is 4.74 Å². The Kier molecular flexibility index (Phi) is 6.25. The molecule has 7 nitrogen and oxygen atoms in total. The number of nitrogens with zero attached hydrogens (tertiary/aromatic N) is 1. The van der Waals surface area contributed by atoms with Gasteiger partial charge >= 0.3 is 5.97 Å². The molecule has 156 valence electrons. The van der Waals surface area contributed by atoms with Crippen molar-refractivity contribution in [2.24, 2.45) is 0 Å². The predicted molar refractivity (Wildman–Crippen MR) is 107 cm³/mol. The number of benzene rings is 2. The Hall–Kier alpha value is -3.55. The summed E-state index contributed by atoms with van der Waals surface area (Å²) in [6, 6.07) is 9.28. The van der Waals surface area contributed by atoms with Crippen LogP contribution >= 0.6 is 0 Å². The van der Waals surface area contributed by atoms with Crippen molar-refractivity contribution in [3.05, 3.63) is 65.0 Å². The lowest BCUT2D eigenvalue weighted by Crippen LogP contribution is -2.30. The first-order valence-corrected chi connectivity index (χ1v) is 9.59. The van der Waals surface area contributed by atoms with Crippen LogP contribution in [0.1, 0.15) is 57.8 Å². The van der Waals surface area contributed by atoms with Crippen molar-refractivity contribution in [3.63, 3.8) is 0 Å². The van der Waals surface area contributed by atoms with Crippen LogP contribution in [0, 0.1) is 5.82 Å². The van der Waals surface area contributed by atoms with Gasteiger partial charge in [0.05, 0.1) is 16.7 Å². The van der Waals surface area contributed by atoms with Gasteiger partial charge in [0.2, 0.25) is 0 Å². The molecule has 8 heteroatoms. The highest BCUT2D eigenvalue weighted by molar-refractivity contribution is 6.22. The molecule has 3 rings (SSSR count). The highest BCUT2D eigenvalue weighted by Gasteiger charge is 2.35. The molecule has 30 heavy (non-hydrogen) atoms. The highest BCUT2D eigenvalue weighted by Crippen LogP contribution is 2.25. The Bertz CT molecular complexity index is 1000. The maximum atomic E-state index is 12.9. The van der Waals surface area contributed by atoms with E-state index in [-0.39, 0.29) is 22.6 Å². The fourth-order valence-corrected chi connectivity index (χ4v) is 3.00. The molecule has 2 aromatic rings.